The zero-order valence-electron chi connectivity index (χ0n) is 10.3. The molecule has 0 saturated heterocycles. The molecule has 0 unspecified atom stereocenters. The molecule has 0 bridgehead atoms. The van der Waals surface area contributed by atoms with E-state index in [9.17, 15) is 9.59 Å². The summed E-state index contributed by atoms with van der Waals surface area (Å²) < 4.78 is 1.22. The zero-order valence-corrected chi connectivity index (χ0v) is 11.8. The van der Waals surface area contributed by atoms with Crippen LogP contribution in [0.2, 0.25) is 10.0 Å². The number of halogens is 2. The number of nitrogen functional groups attached to an aromatic ring is 1. The van der Waals surface area contributed by atoms with Crippen molar-refractivity contribution in [3.63, 3.8) is 0 Å². The Kier molecular flexibility index (Phi) is 4.32. The normalized spacial score (nSPS) is 10.3. The summed E-state index contributed by atoms with van der Waals surface area (Å²) in [6, 6.07) is 7.47. The van der Waals surface area contributed by atoms with Crippen LogP contribution in [-0.4, -0.2) is 10.5 Å². The molecule has 0 aliphatic carbocycles. The molecule has 0 spiro atoms. The van der Waals surface area contributed by atoms with E-state index in [4.69, 9.17) is 28.9 Å². The highest BCUT2D eigenvalue weighted by atomic mass is 35.5. The van der Waals surface area contributed by atoms with Crippen LogP contribution in [0.5, 0.6) is 0 Å². The lowest BCUT2D eigenvalue weighted by atomic mass is 10.3. The van der Waals surface area contributed by atoms with E-state index in [-0.39, 0.29) is 18.0 Å². The third kappa shape index (κ3) is 3.76. The molecule has 1 aromatic carbocycles. The lowest BCUT2D eigenvalue weighted by molar-refractivity contribution is -0.116. The van der Waals surface area contributed by atoms with Crippen LogP contribution in [0.4, 0.5) is 11.4 Å². The fraction of sp³-hybridized carbons (Fsp3) is 0.0769. The third-order valence-corrected chi connectivity index (χ3v) is 2.90. The summed E-state index contributed by atoms with van der Waals surface area (Å²) in [6.07, 6.45) is 1.41. The van der Waals surface area contributed by atoms with Crippen molar-refractivity contribution in [2.45, 2.75) is 6.54 Å². The largest absolute Gasteiger partial charge is 0.398 e. The molecule has 104 valence electrons. The molecule has 0 aliphatic rings. The second kappa shape index (κ2) is 5.98. The van der Waals surface area contributed by atoms with Gasteiger partial charge in [0.05, 0.1) is 0 Å². The number of nitrogens with one attached hydrogen (secondary N) is 1. The lowest BCUT2D eigenvalue weighted by Crippen LogP contribution is -2.27. The van der Waals surface area contributed by atoms with Crippen LogP contribution < -0.4 is 16.6 Å². The first-order valence-corrected chi connectivity index (χ1v) is 6.41. The number of anilines is 2. The fourth-order valence-corrected chi connectivity index (χ4v) is 2.18. The first kappa shape index (κ1) is 14.4. The van der Waals surface area contributed by atoms with Crippen molar-refractivity contribution >= 4 is 40.5 Å². The summed E-state index contributed by atoms with van der Waals surface area (Å²) in [5.74, 6) is -0.379. The quantitative estimate of drug-likeness (QED) is 0.913. The van der Waals surface area contributed by atoms with E-state index in [1.807, 2.05) is 0 Å². The number of rotatable bonds is 3. The average molecular weight is 312 g/mol. The average Bonchev–Trinajstić information content (AvgIpc) is 2.32. The van der Waals surface area contributed by atoms with Crippen molar-refractivity contribution in [1.82, 2.24) is 4.57 Å². The maximum absolute atomic E-state index is 11.9. The lowest BCUT2D eigenvalue weighted by Gasteiger charge is -2.08. The molecule has 3 N–H and O–H groups in total. The number of pyridine rings is 1. The van der Waals surface area contributed by atoms with Crippen LogP contribution in [0.3, 0.4) is 0 Å². The van der Waals surface area contributed by atoms with Gasteiger partial charge in [-0.15, -0.1) is 0 Å². The van der Waals surface area contributed by atoms with E-state index < -0.39 is 0 Å². The highest BCUT2D eigenvalue weighted by Crippen LogP contribution is 2.22. The van der Waals surface area contributed by atoms with Gasteiger partial charge in [0.25, 0.3) is 5.56 Å². The van der Waals surface area contributed by atoms with Gasteiger partial charge in [0.2, 0.25) is 5.91 Å². The second-order valence-corrected chi connectivity index (χ2v) is 5.01. The van der Waals surface area contributed by atoms with Crippen LogP contribution in [0.1, 0.15) is 0 Å². The van der Waals surface area contributed by atoms with E-state index in [1.54, 1.807) is 18.2 Å². The smallest absolute Gasteiger partial charge is 0.251 e. The maximum Gasteiger partial charge on any atom is 0.251 e. The summed E-state index contributed by atoms with van der Waals surface area (Å²) in [6.45, 7) is -0.145. The van der Waals surface area contributed by atoms with Crippen molar-refractivity contribution in [2.75, 3.05) is 11.1 Å². The van der Waals surface area contributed by atoms with Gasteiger partial charge in [-0.1, -0.05) is 23.2 Å². The third-order valence-electron chi connectivity index (χ3n) is 2.47. The molecule has 0 aliphatic heterocycles. The van der Waals surface area contributed by atoms with Gasteiger partial charge in [-0.05, 0) is 24.3 Å². The maximum atomic E-state index is 11.9. The Balaban J connectivity index is 2.13. The Labute approximate surface area is 124 Å². The summed E-state index contributed by atoms with van der Waals surface area (Å²) in [7, 11) is 0. The number of aromatic nitrogens is 1. The van der Waals surface area contributed by atoms with Crippen molar-refractivity contribution in [2.24, 2.45) is 0 Å². The highest BCUT2D eigenvalue weighted by Gasteiger charge is 2.06. The summed E-state index contributed by atoms with van der Waals surface area (Å²) in [5, 5.41) is 3.43. The van der Waals surface area contributed by atoms with E-state index in [0.29, 0.717) is 21.4 Å². The molecule has 0 atom stereocenters. The summed E-state index contributed by atoms with van der Waals surface area (Å²) in [5.41, 5.74) is 6.13. The Morgan fingerprint density at radius 3 is 2.50 bits per heavy atom. The van der Waals surface area contributed by atoms with Crippen molar-refractivity contribution < 1.29 is 4.79 Å². The van der Waals surface area contributed by atoms with Gasteiger partial charge in [-0.25, -0.2) is 0 Å². The van der Waals surface area contributed by atoms with Crippen molar-refractivity contribution in [3.8, 4) is 0 Å². The van der Waals surface area contributed by atoms with E-state index >= 15 is 0 Å². The molecule has 20 heavy (non-hydrogen) atoms. The van der Waals surface area contributed by atoms with E-state index in [2.05, 4.69) is 5.32 Å². The summed E-state index contributed by atoms with van der Waals surface area (Å²) in [4.78, 5) is 23.4. The minimum atomic E-state index is -0.379. The van der Waals surface area contributed by atoms with Crippen LogP contribution in [-0.2, 0) is 11.3 Å². The van der Waals surface area contributed by atoms with Crippen molar-refractivity contribution in [3.05, 3.63) is 56.9 Å². The number of carbonyl (C=O) groups excluding carboxylic acids is 1. The van der Waals surface area contributed by atoms with Crippen LogP contribution in [0.15, 0.2) is 41.3 Å². The molecule has 1 heterocycles. The molecule has 0 fully saturated rings. The van der Waals surface area contributed by atoms with Crippen molar-refractivity contribution in [1.29, 1.82) is 0 Å². The zero-order chi connectivity index (χ0) is 14.7. The summed E-state index contributed by atoms with van der Waals surface area (Å²) >= 11 is 11.7. The topological polar surface area (TPSA) is 77.1 Å². The Morgan fingerprint density at radius 1 is 1.20 bits per heavy atom. The minimum Gasteiger partial charge on any atom is -0.398 e. The molecule has 1 aromatic heterocycles. The molecule has 2 rings (SSSR count). The van der Waals surface area contributed by atoms with Gasteiger partial charge in [-0.2, -0.15) is 0 Å². The number of hydrogen-bond donors (Lipinski definition) is 2. The van der Waals surface area contributed by atoms with Crippen LogP contribution in [0.25, 0.3) is 0 Å². The monoisotopic (exact) mass is 311 g/mol. The molecule has 7 heteroatoms. The SMILES string of the molecule is Nc1ccc(=O)n(CC(=O)Nc2cc(Cl)cc(Cl)c2)c1. The van der Waals surface area contributed by atoms with Crippen LogP contribution >= 0.6 is 23.2 Å². The van der Waals surface area contributed by atoms with E-state index in [0.717, 1.165) is 0 Å². The minimum absolute atomic E-state index is 0.145. The van der Waals surface area contributed by atoms with Crippen LogP contribution in [0, 0.1) is 0 Å². The number of hydrogen-bond acceptors (Lipinski definition) is 3. The predicted molar refractivity (Wildman–Crippen MR) is 80.2 cm³/mol. The highest BCUT2D eigenvalue weighted by molar-refractivity contribution is 6.35. The number of nitrogens with two attached hydrogens (primary N) is 1. The van der Waals surface area contributed by atoms with Gasteiger partial charge in [0.1, 0.15) is 6.54 Å². The van der Waals surface area contributed by atoms with E-state index in [1.165, 1.54) is 22.9 Å². The predicted octanol–water partition coefficient (Wildman–Crippen LogP) is 2.38. The van der Waals surface area contributed by atoms with Gasteiger partial charge >= 0.3 is 0 Å². The second-order valence-electron chi connectivity index (χ2n) is 4.13. The molecule has 1 amide bonds. The number of carbonyl (C=O) groups is 1. The molecular formula is C13H11Cl2N3O2. The first-order valence-electron chi connectivity index (χ1n) is 5.66. The Morgan fingerprint density at radius 2 is 1.85 bits per heavy atom. The molecule has 0 radical (unpaired) electrons. The number of nitrogens with zero attached hydrogens (tertiary/aromatic N) is 1. The fourth-order valence-electron chi connectivity index (χ4n) is 1.65. The Hall–Kier alpha value is -1.98. The van der Waals surface area contributed by atoms with Gasteiger partial charge < -0.3 is 15.6 Å². The van der Waals surface area contributed by atoms with Gasteiger partial charge in [-0.3, -0.25) is 9.59 Å². The molecule has 2 aromatic rings. The van der Waals surface area contributed by atoms with Gasteiger partial charge in [0.15, 0.2) is 0 Å². The first-order chi connectivity index (χ1) is 9.44. The molecule has 0 saturated carbocycles. The Bertz CT molecular complexity index is 693. The molecule has 5 nitrogen and oxygen atoms in total. The number of benzene rings is 1. The van der Waals surface area contributed by atoms with Gasteiger partial charge in [0, 0.05) is 33.7 Å². The standard InChI is InChI=1S/C13H11Cl2N3O2/c14-8-3-9(15)5-11(4-8)17-12(19)7-18-6-10(16)1-2-13(18)20/h1-6H,7,16H2,(H,17,19). The molecular weight excluding hydrogens is 301 g/mol. The number of amides is 1.